The SMILES string of the molecule is N[C@H](C(=O)NCc1ccccc1)C(CCCc1ccccc1)C(=O)[C@@H](N)Cc1ccc(C(=O)N2CCOCC2)cc1. The first-order chi connectivity index (χ1) is 19.9. The van der Waals surface area contributed by atoms with Crippen molar-refractivity contribution in [1.29, 1.82) is 0 Å². The van der Waals surface area contributed by atoms with Crippen LogP contribution < -0.4 is 16.8 Å². The molecule has 0 aromatic heterocycles. The van der Waals surface area contributed by atoms with Gasteiger partial charge in [0.05, 0.1) is 25.3 Å². The van der Waals surface area contributed by atoms with Gasteiger partial charge in [-0.1, -0.05) is 72.8 Å². The summed E-state index contributed by atoms with van der Waals surface area (Å²) >= 11 is 0. The van der Waals surface area contributed by atoms with Gasteiger partial charge in [0.25, 0.3) is 5.91 Å². The molecule has 1 fully saturated rings. The maximum Gasteiger partial charge on any atom is 0.254 e. The second-order valence-corrected chi connectivity index (χ2v) is 10.5. The largest absolute Gasteiger partial charge is 0.378 e. The lowest BCUT2D eigenvalue weighted by atomic mass is 9.84. The standard InChI is InChI=1S/C33H40N4O4/c34-29(22-25-14-16-27(17-15-25)33(40)37-18-20-41-21-19-37)31(38)28(13-7-12-24-8-3-1-4-9-24)30(35)32(39)36-23-26-10-5-2-6-11-26/h1-6,8-11,14-17,28-30H,7,12-13,18-23,34-35H2,(H,36,39)/t28?,29-,30-/m0/s1. The first-order valence-corrected chi connectivity index (χ1v) is 14.3. The summed E-state index contributed by atoms with van der Waals surface area (Å²) in [7, 11) is 0. The topological polar surface area (TPSA) is 128 Å². The number of morpholine rings is 1. The summed E-state index contributed by atoms with van der Waals surface area (Å²) < 4.78 is 5.33. The Kier molecular flexibility index (Phi) is 11.2. The highest BCUT2D eigenvalue weighted by Gasteiger charge is 2.33. The highest BCUT2D eigenvalue weighted by Crippen LogP contribution is 2.19. The number of amides is 2. The van der Waals surface area contributed by atoms with Crippen LogP contribution in [0.25, 0.3) is 0 Å². The Balaban J connectivity index is 1.39. The van der Waals surface area contributed by atoms with Gasteiger partial charge in [-0.25, -0.2) is 0 Å². The minimum absolute atomic E-state index is 0.0359. The van der Waals surface area contributed by atoms with Gasteiger partial charge in [-0.15, -0.1) is 0 Å². The molecule has 2 amide bonds. The molecule has 216 valence electrons. The third-order valence-corrected chi connectivity index (χ3v) is 7.55. The number of nitrogens with zero attached hydrogens (tertiary/aromatic N) is 1. The van der Waals surface area contributed by atoms with Crippen LogP contribution in [-0.4, -0.2) is 60.9 Å². The van der Waals surface area contributed by atoms with Crippen LogP contribution in [0.15, 0.2) is 84.9 Å². The van der Waals surface area contributed by atoms with Crippen LogP contribution in [0.2, 0.25) is 0 Å². The number of carbonyl (C=O) groups is 3. The molecule has 1 unspecified atom stereocenters. The number of nitrogens with one attached hydrogen (secondary N) is 1. The number of nitrogens with two attached hydrogens (primary N) is 2. The lowest BCUT2D eigenvalue weighted by Gasteiger charge is -2.27. The van der Waals surface area contributed by atoms with Crippen LogP contribution in [0.3, 0.4) is 0 Å². The van der Waals surface area contributed by atoms with E-state index in [1.165, 1.54) is 0 Å². The van der Waals surface area contributed by atoms with Crippen molar-refractivity contribution < 1.29 is 19.1 Å². The molecule has 3 aromatic rings. The van der Waals surface area contributed by atoms with Gasteiger partial charge < -0.3 is 26.4 Å². The molecule has 1 heterocycles. The Bertz CT molecular complexity index is 1260. The molecule has 4 rings (SSSR count). The van der Waals surface area contributed by atoms with E-state index in [0.717, 1.165) is 23.1 Å². The van der Waals surface area contributed by atoms with Crippen LogP contribution >= 0.6 is 0 Å². The molecular weight excluding hydrogens is 516 g/mol. The summed E-state index contributed by atoms with van der Waals surface area (Å²) in [5.74, 6) is -1.35. The predicted octanol–water partition coefficient (Wildman–Crippen LogP) is 2.88. The molecule has 3 atom stereocenters. The van der Waals surface area contributed by atoms with E-state index in [1.54, 1.807) is 17.0 Å². The van der Waals surface area contributed by atoms with E-state index >= 15 is 0 Å². The molecule has 8 nitrogen and oxygen atoms in total. The Morgan fingerprint density at radius 2 is 1.41 bits per heavy atom. The maximum atomic E-state index is 13.6. The van der Waals surface area contributed by atoms with Gasteiger partial charge in [0, 0.05) is 31.1 Å². The van der Waals surface area contributed by atoms with Gasteiger partial charge >= 0.3 is 0 Å². The number of carbonyl (C=O) groups excluding carboxylic acids is 3. The average molecular weight is 557 g/mol. The monoisotopic (exact) mass is 556 g/mol. The maximum absolute atomic E-state index is 13.6. The second-order valence-electron chi connectivity index (χ2n) is 10.5. The third kappa shape index (κ3) is 8.82. The number of hydrogen-bond acceptors (Lipinski definition) is 6. The van der Waals surface area contributed by atoms with Crippen molar-refractivity contribution in [2.75, 3.05) is 26.3 Å². The molecule has 8 heteroatoms. The summed E-state index contributed by atoms with van der Waals surface area (Å²) in [4.78, 5) is 41.2. The molecule has 0 spiro atoms. The second kappa shape index (κ2) is 15.2. The Labute approximate surface area is 242 Å². The van der Waals surface area contributed by atoms with E-state index in [2.05, 4.69) is 5.32 Å². The van der Waals surface area contributed by atoms with E-state index < -0.39 is 18.0 Å². The summed E-state index contributed by atoms with van der Waals surface area (Å²) in [6.45, 7) is 2.56. The third-order valence-electron chi connectivity index (χ3n) is 7.55. The smallest absolute Gasteiger partial charge is 0.254 e. The molecule has 41 heavy (non-hydrogen) atoms. The fourth-order valence-electron chi connectivity index (χ4n) is 5.12. The highest BCUT2D eigenvalue weighted by atomic mass is 16.5. The first kappa shape index (κ1) is 30.1. The number of ketones is 1. The van der Waals surface area contributed by atoms with Crippen LogP contribution in [0.1, 0.15) is 39.9 Å². The molecule has 3 aromatic carbocycles. The Morgan fingerprint density at radius 3 is 2.05 bits per heavy atom. The zero-order valence-corrected chi connectivity index (χ0v) is 23.4. The number of aryl methyl sites for hydroxylation is 1. The fraction of sp³-hybridized carbons (Fsp3) is 0.364. The van der Waals surface area contributed by atoms with Crippen molar-refractivity contribution in [3.8, 4) is 0 Å². The molecule has 1 saturated heterocycles. The fourth-order valence-corrected chi connectivity index (χ4v) is 5.12. The number of hydrogen-bond donors (Lipinski definition) is 3. The van der Waals surface area contributed by atoms with Crippen LogP contribution in [0.4, 0.5) is 0 Å². The van der Waals surface area contributed by atoms with Crippen LogP contribution in [0.5, 0.6) is 0 Å². The molecule has 0 saturated carbocycles. The van der Waals surface area contributed by atoms with Crippen molar-refractivity contribution >= 4 is 17.6 Å². The highest BCUT2D eigenvalue weighted by molar-refractivity contribution is 5.95. The zero-order valence-electron chi connectivity index (χ0n) is 23.4. The lowest BCUT2D eigenvalue weighted by molar-refractivity contribution is -0.131. The predicted molar refractivity (Wildman–Crippen MR) is 159 cm³/mol. The van der Waals surface area contributed by atoms with Crippen LogP contribution in [-0.2, 0) is 33.7 Å². The molecule has 5 N–H and O–H groups in total. The van der Waals surface area contributed by atoms with Crippen molar-refractivity contribution in [3.05, 3.63) is 107 Å². The molecule has 0 radical (unpaired) electrons. The van der Waals surface area contributed by atoms with E-state index in [0.29, 0.717) is 57.7 Å². The Morgan fingerprint density at radius 1 is 0.805 bits per heavy atom. The number of Topliss-reactive ketones (excluding diaryl/α,β-unsaturated/α-hetero) is 1. The van der Waals surface area contributed by atoms with Crippen LogP contribution in [0, 0.1) is 5.92 Å². The molecule has 1 aliphatic heterocycles. The van der Waals surface area contributed by atoms with E-state index in [4.69, 9.17) is 16.2 Å². The van der Waals surface area contributed by atoms with Gasteiger partial charge in [-0.05, 0) is 54.5 Å². The zero-order chi connectivity index (χ0) is 29.0. The summed E-state index contributed by atoms with van der Waals surface area (Å²) in [5.41, 5.74) is 16.4. The first-order valence-electron chi connectivity index (χ1n) is 14.3. The molecular formula is C33H40N4O4. The minimum atomic E-state index is -1.01. The summed E-state index contributed by atoms with van der Waals surface area (Å²) in [6, 6.07) is 24.9. The molecule has 1 aliphatic rings. The average Bonchev–Trinajstić information content (AvgIpc) is 3.02. The van der Waals surface area contributed by atoms with Gasteiger partial charge in [0.1, 0.15) is 0 Å². The van der Waals surface area contributed by atoms with Crippen molar-refractivity contribution in [1.82, 2.24) is 10.2 Å². The Hall–Kier alpha value is -3.85. The molecule has 0 bridgehead atoms. The summed E-state index contributed by atoms with van der Waals surface area (Å²) in [5, 5.41) is 2.87. The van der Waals surface area contributed by atoms with Gasteiger partial charge in [-0.3, -0.25) is 14.4 Å². The normalized spacial score (nSPS) is 15.5. The number of ether oxygens (including phenoxy) is 1. The van der Waals surface area contributed by atoms with E-state index in [-0.39, 0.29) is 17.6 Å². The minimum Gasteiger partial charge on any atom is -0.378 e. The van der Waals surface area contributed by atoms with Crippen molar-refractivity contribution in [2.24, 2.45) is 17.4 Å². The lowest BCUT2D eigenvalue weighted by Crippen LogP contribution is -2.51. The van der Waals surface area contributed by atoms with Gasteiger partial charge in [0.2, 0.25) is 5.91 Å². The van der Waals surface area contributed by atoms with Crippen molar-refractivity contribution in [3.63, 3.8) is 0 Å². The number of benzene rings is 3. The van der Waals surface area contributed by atoms with Crippen molar-refractivity contribution in [2.45, 2.75) is 44.3 Å². The van der Waals surface area contributed by atoms with E-state index in [1.807, 2.05) is 72.8 Å². The van der Waals surface area contributed by atoms with Gasteiger partial charge in [-0.2, -0.15) is 0 Å². The number of rotatable bonds is 13. The summed E-state index contributed by atoms with van der Waals surface area (Å²) in [6.07, 6.45) is 2.22. The molecule has 0 aliphatic carbocycles. The quantitative estimate of drug-likeness (QED) is 0.297. The van der Waals surface area contributed by atoms with E-state index in [9.17, 15) is 14.4 Å². The van der Waals surface area contributed by atoms with Gasteiger partial charge in [0.15, 0.2) is 5.78 Å².